The molecule has 0 spiro atoms. The maximum Gasteiger partial charge on any atom is 0.522 e. The second kappa shape index (κ2) is 9.57. The summed E-state index contributed by atoms with van der Waals surface area (Å²) in [6.45, 7) is 0.209. The van der Waals surface area contributed by atoms with Crippen LogP contribution in [-0.4, -0.2) is 52.4 Å². The van der Waals surface area contributed by atoms with E-state index in [0.717, 1.165) is 0 Å². The van der Waals surface area contributed by atoms with Crippen LogP contribution in [0.15, 0.2) is 22.6 Å². The number of benzene rings is 1. The van der Waals surface area contributed by atoms with Crippen molar-refractivity contribution in [3.63, 3.8) is 0 Å². The number of rotatable bonds is 5. The van der Waals surface area contributed by atoms with Crippen LogP contribution in [0.4, 0.5) is 13.2 Å². The van der Waals surface area contributed by atoms with Gasteiger partial charge in [0.05, 0.1) is 24.9 Å². The zero-order valence-electron chi connectivity index (χ0n) is 18.3. The third-order valence-corrected chi connectivity index (χ3v) is 6.66. The lowest BCUT2D eigenvalue weighted by Crippen LogP contribution is -2.48. The number of aliphatic hydroxyl groups is 1. The van der Waals surface area contributed by atoms with E-state index in [1.807, 2.05) is 0 Å². The summed E-state index contributed by atoms with van der Waals surface area (Å²) < 4.78 is 58.0. The number of nitrogens with zero attached hydrogens (tertiary/aromatic N) is 2. The lowest BCUT2D eigenvalue weighted by atomic mass is 9.82. The van der Waals surface area contributed by atoms with E-state index in [9.17, 15) is 23.1 Å². The SMILES string of the molecule is O=C(N[C@@H]1CC[C@@H](c2nnc([C@H]3C[C@@H](OC(F)(F)F)C3)o2)OC1)C1CC(O)c2cc(Cl)ccc2O1. The van der Waals surface area contributed by atoms with Crippen molar-refractivity contribution in [2.45, 2.75) is 74.8 Å². The van der Waals surface area contributed by atoms with E-state index in [2.05, 4.69) is 20.3 Å². The Morgan fingerprint density at radius 3 is 2.66 bits per heavy atom. The molecule has 190 valence electrons. The highest BCUT2D eigenvalue weighted by Crippen LogP contribution is 2.41. The molecule has 4 atom stereocenters. The summed E-state index contributed by atoms with van der Waals surface area (Å²) in [7, 11) is 0. The number of alkyl halides is 3. The molecule has 9 nitrogen and oxygen atoms in total. The fourth-order valence-corrected chi connectivity index (χ4v) is 4.71. The normalized spacial score (nSPS) is 30.7. The van der Waals surface area contributed by atoms with Crippen LogP contribution in [0.25, 0.3) is 0 Å². The minimum absolute atomic E-state index is 0.107. The van der Waals surface area contributed by atoms with Crippen LogP contribution in [0.2, 0.25) is 5.02 Å². The molecule has 0 bridgehead atoms. The van der Waals surface area contributed by atoms with E-state index in [1.54, 1.807) is 18.2 Å². The van der Waals surface area contributed by atoms with Gasteiger partial charge in [0.15, 0.2) is 6.10 Å². The molecular formula is C22H23ClF3N3O6. The fourth-order valence-electron chi connectivity index (χ4n) is 4.53. The van der Waals surface area contributed by atoms with Crippen LogP contribution < -0.4 is 10.1 Å². The Hall–Kier alpha value is -2.41. The van der Waals surface area contributed by atoms with Gasteiger partial charge < -0.3 is 24.3 Å². The molecule has 2 unspecified atom stereocenters. The van der Waals surface area contributed by atoms with E-state index in [1.165, 1.54) is 0 Å². The number of nitrogens with one attached hydrogen (secondary N) is 1. The third-order valence-electron chi connectivity index (χ3n) is 6.43. The minimum Gasteiger partial charge on any atom is -0.480 e. The van der Waals surface area contributed by atoms with Crippen molar-refractivity contribution in [1.82, 2.24) is 15.5 Å². The Bertz CT molecular complexity index is 1070. The molecule has 5 rings (SSSR count). The summed E-state index contributed by atoms with van der Waals surface area (Å²) in [5.41, 5.74) is 0.551. The van der Waals surface area contributed by atoms with Crippen LogP contribution in [0.5, 0.6) is 5.75 Å². The maximum atomic E-state index is 12.7. The number of fused-ring (bicyclic) bond motifs is 1. The Labute approximate surface area is 202 Å². The molecule has 2 aromatic rings. The minimum atomic E-state index is -4.65. The van der Waals surface area contributed by atoms with Crippen LogP contribution >= 0.6 is 11.6 Å². The van der Waals surface area contributed by atoms with Crippen LogP contribution in [-0.2, 0) is 14.3 Å². The van der Waals surface area contributed by atoms with Gasteiger partial charge in [0.2, 0.25) is 11.8 Å². The Balaban J connectivity index is 1.09. The van der Waals surface area contributed by atoms with Crippen molar-refractivity contribution >= 4 is 17.5 Å². The van der Waals surface area contributed by atoms with Crippen molar-refractivity contribution in [2.24, 2.45) is 0 Å². The quantitative estimate of drug-likeness (QED) is 0.616. The molecule has 13 heteroatoms. The molecule has 1 aromatic heterocycles. The lowest BCUT2D eigenvalue weighted by Gasteiger charge is -2.33. The van der Waals surface area contributed by atoms with E-state index in [-0.39, 0.29) is 55.5 Å². The highest BCUT2D eigenvalue weighted by Gasteiger charge is 2.43. The number of hydrogen-bond donors (Lipinski definition) is 2. The zero-order valence-corrected chi connectivity index (χ0v) is 19.1. The third kappa shape index (κ3) is 5.55. The second-order valence-electron chi connectivity index (χ2n) is 8.98. The van der Waals surface area contributed by atoms with Crippen molar-refractivity contribution < 1.29 is 41.7 Å². The van der Waals surface area contributed by atoms with Gasteiger partial charge in [0, 0.05) is 22.9 Å². The Morgan fingerprint density at radius 2 is 1.94 bits per heavy atom. The summed E-state index contributed by atoms with van der Waals surface area (Å²) in [5, 5.41) is 21.7. The molecule has 1 aliphatic carbocycles. The lowest BCUT2D eigenvalue weighted by molar-refractivity contribution is -0.352. The van der Waals surface area contributed by atoms with Gasteiger partial charge in [-0.05, 0) is 43.9 Å². The summed E-state index contributed by atoms with van der Waals surface area (Å²) in [4.78, 5) is 12.7. The van der Waals surface area contributed by atoms with Crippen LogP contribution in [0.3, 0.4) is 0 Å². The average Bonchev–Trinajstić information content (AvgIpc) is 3.26. The summed E-state index contributed by atoms with van der Waals surface area (Å²) in [6, 6.07) is 4.61. The molecule has 35 heavy (non-hydrogen) atoms. The number of aromatic nitrogens is 2. The molecule has 1 saturated carbocycles. The van der Waals surface area contributed by atoms with E-state index in [0.29, 0.717) is 29.2 Å². The first-order valence-corrected chi connectivity index (χ1v) is 11.7. The van der Waals surface area contributed by atoms with Gasteiger partial charge in [0.25, 0.3) is 5.91 Å². The number of halogens is 4. The number of hydrogen-bond acceptors (Lipinski definition) is 8. The monoisotopic (exact) mass is 517 g/mol. The number of aliphatic hydroxyl groups excluding tert-OH is 1. The largest absolute Gasteiger partial charge is 0.522 e. The van der Waals surface area contributed by atoms with Gasteiger partial charge in [-0.25, -0.2) is 0 Å². The van der Waals surface area contributed by atoms with Gasteiger partial charge >= 0.3 is 6.36 Å². The molecule has 2 fully saturated rings. The van der Waals surface area contributed by atoms with Gasteiger partial charge in [0.1, 0.15) is 11.9 Å². The summed E-state index contributed by atoms with van der Waals surface area (Å²) >= 11 is 5.96. The molecule has 1 saturated heterocycles. The standard InChI is InChI=1S/C22H23ClF3N3O6/c23-11-1-3-16-14(7-11)15(30)8-18(33-16)19(31)27-12-2-4-17(32-9-12)21-29-28-20(34-21)10-5-13(6-10)35-22(24,25)26/h1,3,7,10,12-13,15,17-18,30H,2,4-6,8-9H2,(H,27,31)/t10-,12-,13+,15?,17+,18?/m1/s1. The molecule has 1 aromatic carbocycles. The Morgan fingerprint density at radius 1 is 1.17 bits per heavy atom. The summed E-state index contributed by atoms with van der Waals surface area (Å²) in [5.74, 6) is 0.335. The molecular weight excluding hydrogens is 495 g/mol. The Kier molecular flexibility index (Phi) is 6.64. The van der Waals surface area contributed by atoms with Gasteiger partial charge in [-0.15, -0.1) is 23.4 Å². The van der Waals surface area contributed by atoms with Gasteiger partial charge in [-0.2, -0.15) is 0 Å². The number of carbonyl (C=O) groups excluding carboxylic acids is 1. The van der Waals surface area contributed by atoms with E-state index in [4.69, 9.17) is 25.5 Å². The number of amides is 1. The van der Waals surface area contributed by atoms with E-state index < -0.39 is 30.8 Å². The molecule has 2 aliphatic heterocycles. The van der Waals surface area contributed by atoms with E-state index >= 15 is 0 Å². The molecule has 2 N–H and O–H groups in total. The predicted molar refractivity (Wildman–Crippen MR) is 113 cm³/mol. The molecule has 3 heterocycles. The van der Waals surface area contributed by atoms with Crippen molar-refractivity contribution in [1.29, 1.82) is 0 Å². The number of ether oxygens (including phenoxy) is 3. The summed E-state index contributed by atoms with van der Waals surface area (Å²) in [6.07, 6.45) is -6.20. The first kappa shape index (κ1) is 24.3. The first-order valence-electron chi connectivity index (χ1n) is 11.3. The van der Waals surface area contributed by atoms with Crippen molar-refractivity contribution in [3.05, 3.63) is 40.6 Å². The highest BCUT2D eigenvalue weighted by atomic mass is 35.5. The van der Waals surface area contributed by atoms with Crippen LogP contribution in [0.1, 0.15) is 67.6 Å². The maximum absolute atomic E-state index is 12.7. The van der Waals surface area contributed by atoms with Crippen LogP contribution in [0, 0.1) is 0 Å². The molecule has 1 amide bonds. The first-order chi connectivity index (χ1) is 16.6. The van der Waals surface area contributed by atoms with Crippen molar-refractivity contribution in [2.75, 3.05) is 6.61 Å². The smallest absolute Gasteiger partial charge is 0.480 e. The van der Waals surface area contributed by atoms with Gasteiger partial charge in [-0.1, -0.05) is 11.6 Å². The van der Waals surface area contributed by atoms with Crippen molar-refractivity contribution in [3.8, 4) is 5.75 Å². The van der Waals surface area contributed by atoms with Gasteiger partial charge in [-0.3, -0.25) is 9.53 Å². The highest BCUT2D eigenvalue weighted by molar-refractivity contribution is 6.30. The second-order valence-corrected chi connectivity index (χ2v) is 9.41. The zero-order chi connectivity index (χ0) is 24.7. The average molecular weight is 518 g/mol. The number of carbonyl (C=O) groups is 1. The fraction of sp³-hybridized carbons (Fsp3) is 0.591. The predicted octanol–water partition coefficient (Wildman–Crippen LogP) is 3.73. The topological polar surface area (TPSA) is 116 Å². The molecule has 0 radical (unpaired) electrons. The molecule has 3 aliphatic rings.